The minimum Gasteiger partial charge on any atom is -0.493 e. The largest absolute Gasteiger partial charge is 0.493 e. The zero-order chi connectivity index (χ0) is 19.3. The summed E-state index contributed by atoms with van der Waals surface area (Å²) < 4.78 is 33.7. The summed E-state index contributed by atoms with van der Waals surface area (Å²) in [7, 11) is 1.16. The van der Waals surface area contributed by atoms with E-state index in [9.17, 15) is 13.2 Å². The predicted molar refractivity (Wildman–Crippen MR) is 99.3 cm³/mol. The number of rotatable bonds is 7. The molecule has 0 atom stereocenters. The Labute approximate surface area is 152 Å². The first kappa shape index (κ1) is 19.5. The summed E-state index contributed by atoms with van der Waals surface area (Å²) in [5.74, 6) is 0.479. The molecule has 8 nitrogen and oxygen atoms in total. The van der Waals surface area contributed by atoms with E-state index in [1.54, 1.807) is 49.3 Å². The van der Waals surface area contributed by atoms with Crippen molar-refractivity contribution in [3.63, 3.8) is 0 Å². The number of benzene rings is 2. The third-order valence-electron chi connectivity index (χ3n) is 3.48. The summed E-state index contributed by atoms with van der Waals surface area (Å²) in [6.07, 6.45) is 0. The summed E-state index contributed by atoms with van der Waals surface area (Å²) in [6, 6.07) is 11.2. The quantitative estimate of drug-likeness (QED) is 0.753. The molecule has 2 aromatic rings. The lowest BCUT2D eigenvalue weighted by Crippen LogP contribution is -2.23. The first-order valence-corrected chi connectivity index (χ1v) is 9.17. The molecule has 0 aliphatic carbocycles. The number of hydrogen-bond donors (Lipinski definition) is 2. The minimum absolute atomic E-state index is 0.0935. The van der Waals surface area contributed by atoms with Crippen LogP contribution in [-0.2, 0) is 14.8 Å². The number of nitrogens with zero attached hydrogens (tertiary/aromatic N) is 1. The van der Waals surface area contributed by atoms with E-state index in [2.05, 4.69) is 5.32 Å². The number of amides is 1. The number of anilines is 2. The van der Waals surface area contributed by atoms with Crippen LogP contribution in [-0.4, -0.2) is 42.1 Å². The Morgan fingerprint density at radius 3 is 2.38 bits per heavy atom. The second-order valence-corrected chi connectivity index (χ2v) is 7.17. The van der Waals surface area contributed by atoms with E-state index in [0.717, 1.165) is 0 Å². The van der Waals surface area contributed by atoms with Crippen LogP contribution in [0.3, 0.4) is 0 Å². The van der Waals surface area contributed by atoms with Crippen molar-refractivity contribution >= 4 is 27.3 Å². The van der Waals surface area contributed by atoms with Gasteiger partial charge in [0.05, 0.1) is 23.4 Å². The van der Waals surface area contributed by atoms with Gasteiger partial charge >= 0.3 is 0 Å². The molecule has 0 saturated carbocycles. The number of nitrogens with one attached hydrogen (secondary N) is 1. The van der Waals surface area contributed by atoms with Gasteiger partial charge in [0.2, 0.25) is 10.0 Å². The first-order valence-electron chi connectivity index (χ1n) is 7.62. The third kappa shape index (κ3) is 4.87. The first-order chi connectivity index (χ1) is 12.2. The van der Waals surface area contributed by atoms with Crippen molar-refractivity contribution in [1.29, 1.82) is 0 Å². The maximum Gasteiger partial charge on any atom is 0.262 e. The summed E-state index contributed by atoms with van der Waals surface area (Å²) in [4.78, 5) is 13.9. The number of carbonyl (C=O) groups excluding carboxylic acids is 1. The standard InChI is InChI=1S/C17H21N3O5S/c1-20(2)14-9-8-12(26(18,22)23)10-13(14)19-17(21)11-25-16-7-5-4-6-15(16)24-3/h4-10H,11H2,1-3H3,(H,19,21)(H2,18,22,23). The fraction of sp³-hybridized carbons (Fsp3) is 0.235. The van der Waals surface area contributed by atoms with Crippen LogP contribution in [0.25, 0.3) is 0 Å². The average Bonchev–Trinajstić information content (AvgIpc) is 2.59. The van der Waals surface area contributed by atoms with E-state index in [1.165, 1.54) is 19.2 Å². The van der Waals surface area contributed by atoms with Gasteiger partial charge in [-0.05, 0) is 30.3 Å². The summed E-state index contributed by atoms with van der Waals surface area (Å²) in [5.41, 5.74) is 0.943. The number of nitrogens with two attached hydrogens (primary N) is 1. The highest BCUT2D eigenvalue weighted by Crippen LogP contribution is 2.28. The highest BCUT2D eigenvalue weighted by Gasteiger charge is 2.15. The van der Waals surface area contributed by atoms with Gasteiger partial charge in [0.15, 0.2) is 18.1 Å². The van der Waals surface area contributed by atoms with Crippen molar-refractivity contribution in [1.82, 2.24) is 0 Å². The van der Waals surface area contributed by atoms with Crippen LogP contribution in [0.2, 0.25) is 0 Å². The molecule has 26 heavy (non-hydrogen) atoms. The molecule has 0 aliphatic rings. The smallest absolute Gasteiger partial charge is 0.262 e. The van der Waals surface area contributed by atoms with Crippen molar-refractivity contribution in [2.24, 2.45) is 5.14 Å². The fourth-order valence-corrected chi connectivity index (χ4v) is 2.79. The zero-order valence-corrected chi connectivity index (χ0v) is 15.5. The van der Waals surface area contributed by atoms with Crippen LogP contribution in [0.15, 0.2) is 47.4 Å². The Hall–Kier alpha value is -2.78. The van der Waals surface area contributed by atoms with Crippen LogP contribution in [0, 0.1) is 0 Å². The zero-order valence-electron chi connectivity index (χ0n) is 14.7. The van der Waals surface area contributed by atoms with Crippen LogP contribution >= 0.6 is 0 Å². The molecule has 0 aromatic heterocycles. The number of para-hydroxylation sites is 2. The van der Waals surface area contributed by atoms with Crippen molar-refractivity contribution in [3.8, 4) is 11.5 Å². The van der Waals surface area contributed by atoms with Crippen LogP contribution in [0.5, 0.6) is 11.5 Å². The number of sulfonamides is 1. The Kier molecular flexibility index (Phi) is 6.06. The molecule has 0 unspecified atom stereocenters. The Balaban J connectivity index is 2.17. The maximum atomic E-state index is 12.2. The van der Waals surface area contributed by atoms with Crippen molar-refractivity contribution in [3.05, 3.63) is 42.5 Å². The fourth-order valence-electron chi connectivity index (χ4n) is 2.25. The molecule has 9 heteroatoms. The topological polar surface area (TPSA) is 111 Å². The van der Waals surface area contributed by atoms with Gasteiger partial charge in [0.1, 0.15) is 0 Å². The molecule has 0 heterocycles. The van der Waals surface area contributed by atoms with Crippen molar-refractivity contribution < 1.29 is 22.7 Å². The molecule has 1 amide bonds. The van der Waals surface area contributed by atoms with E-state index >= 15 is 0 Å². The lowest BCUT2D eigenvalue weighted by Gasteiger charge is -2.19. The highest BCUT2D eigenvalue weighted by molar-refractivity contribution is 7.89. The number of ether oxygens (including phenoxy) is 2. The molecule has 2 rings (SSSR count). The van der Waals surface area contributed by atoms with Gasteiger partial charge in [0, 0.05) is 14.1 Å². The summed E-state index contributed by atoms with van der Waals surface area (Å²) in [6.45, 7) is -0.271. The molecule has 0 aliphatic heterocycles. The van der Waals surface area contributed by atoms with E-state index in [0.29, 0.717) is 22.9 Å². The van der Waals surface area contributed by atoms with Crippen molar-refractivity contribution in [2.75, 3.05) is 38.0 Å². The third-order valence-corrected chi connectivity index (χ3v) is 4.39. The SMILES string of the molecule is COc1ccccc1OCC(=O)Nc1cc(S(N)(=O)=O)ccc1N(C)C. The minimum atomic E-state index is -3.89. The molecular formula is C17H21N3O5S. The molecule has 3 N–H and O–H groups in total. The number of hydrogen-bond acceptors (Lipinski definition) is 6. The maximum absolute atomic E-state index is 12.2. The Morgan fingerprint density at radius 2 is 1.81 bits per heavy atom. The van der Waals surface area contributed by atoms with E-state index in [4.69, 9.17) is 14.6 Å². The van der Waals surface area contributed by atoms with Gasteiger partial charge in [-0.3, -0.25) is 4.79 Å². The van der Waals surface area contributed by atoms with Gasteiger partial charge < -0.3 is 19.7 Å². The van der Waals surface area contributed by atoms with E-state index < -0.39 is 15.9 Å². The Morgan fingerprint density at radius 1 is 1.15 bits per heavy atom. The normalized spacial score (nSPS) is 10.9. The average molecular weight is 379 g/mol. The number of primary sulfonamides is 1. The second kappa shape index (κ2) is 8.07. The van der Waals surface area contributed by atoms with E-state index in [1.807, 2.05) is 0 Å². The monoisotopic (exact) mass is 379 g/mol. The van der Waals surface area contributed by atoms with Gasteiger partial charge in [-0.15, -0.1) is 0 Å². The van der Waals surface area contributed by atoms with E-state index in [-0.39, 0.29) is 11.5 Å². The highest BCUT2D eigenvalue weighted by atomic mass is 32.2. The van der Waals surface area contributed by atoms with Gasteiger partial charge in [-0.2, -0.15) is 0 Å². The van der Waals surface area contributed by atoms with Gasteiger partial charge in [0.25, 0.3) is 5.91 Å². The van der Waals surface area contributed by atoms with Crippen LogP contribution in [0.1, 0.15) is 0 Å². The number of carbonyl (C=O) groups is 1. The van der Waals surface area contributed by atoms with Gasteiger partial charge in [-0.1, -0.05) is 12.1 Å². The molecule has 0 radical (unpaired) electrons. The Bertz CT molecular complexity index is 897. The molecule has 0 fully saturated rings. The molecule has 0 bridgehead atoms. The molecule has 2 aromatic carbocycles. The van der Waals surface area contributed by atoms with Gasteiger partial charge in [-0.25, -0.2) is 13.6 Å². The lowest BCUT2D eigenvalue weighted by atomic mass is 10.2. The molecule has 0 saturated heterocycles. The van der Waals surface area contributed by atoms with Crippen LogP contribution < -0.4 is 24.8 Å². The summed E-state index contributed by atoms with van der Waals surface area (Å²) in [5, 5.41) is 7.80. The summed E-state index contributed by atoms with van der Waals surface area (Å²) >= 11 is 0. The molecule has 0 spiro atoms. The molecular weight excluding hydrogens is 358 g/mol. The second-order valence-electron chi connectivity index (χ2n) is 5.61. The lowest BCUT2D eigenvalue weighted by molar-refractivity contribution is -0.118. The van der Waals surface area contributed by atoms with Crippen LogP contribution in [0.4, 0.5) is 11.4 Å². The predicted octanol–water partition coefficient (Wildman–Crippen LogP) is 1.43. The van der Waals surface area contributed by atoms with Crippen molar-refractivity contribution in [2.45, 2.75) is 4.90 Å². The molecule has 140 valence electrons. The number of methoxy groups -OCH3 is 1.